The highest BCUT2D eigenvalue weighted by Gasteiger charge is 2.35. The lowest BCUT2D eigenvalue weighted by atomic mass is 10.1. The van der Waals surface area contributed by atoms with E-state index in [1.807, 2.05) is 37.3 Å². The van der Waals surface area contributed by atoms with E-state index in [9.17, 15) is 9.59 Å². The molecule has 2 aliphatic rings. The van der Waals surface area contributed by atoms with Gasteiger partial charge < -0.3 is 15.0 Å². The lowest BCUT2D eigenvalue weighted by molar-refractivity contribution is -0.126. The van der Waals surface area contributed by atoms with Gasteiger partial charge in [-0.1, -0.05) is 30.3 Å². The number of aryl methyl sites for hydroxylation is 2. The molecule has 2 amide bonds. The van der Waals surface area contributed by atoms with Gasteiger partial charge in [-0.2, -0.15) is 0 Å². The van der Waals surface area contributed by atoms with Gasteiger partial charge in [0.15, 0.2) is 0 Å². The maximum atomic E-state index is 12.7. The van der Waals surface area contributed by atoms with Crippen molar-refractivity contribution in [1.29, 1.82) is 0 Å². The molecule has 0 bridgehead atoms. The minimum Gasteiger partial charge on any atom is -0.377 e. The molecule has 1 heterocycles. The average molecular weight is 392 g/mol. The minimum atomic E-state index is -0.310. The Bertz CT molecular complexity index is 909. The van der Waals surface area contributed by atoms with Crippen LogP contribution in [0.2, 0.25) is 0 Å². The molecule has 0 saturated carbocycles. The van der Waals surface area contributed by atoms with E-state index < -0.39 is 0 Å². The van der Waals surface area contributed by atoms with Crippen molar-refractivity contribution in [2.45, 2.75) is 45.8 Å². The van der Waals surface area contributed by atoms with Crippen LogP contribution in [-0.4, -0.2) is 25.0 Å². The highest BCUT2D eigenvalue weighted by Crippen LogP contribution is 2.30. The molecule has 1 unspecified atom stereocenters. The Labute approximate surface area is 172 Å². The van der Waals surface area contributed by atoms with Gasteiger partial charge >= 0.3 is 0 Å². The van der Waals surface area contributed by atoms with Gasteiger partial charge in [-0.15, -0.1) is 0 Å². The molecule has 2 aromatic rings. The molecular weight excluding hydrogens is 364 g/mol. The molecule has 5 heteroatoms. The van der Waals surface area contributed by atoms with Gasteiger partial charge in [-0.3, -0.25) is 9.59 Å². The van der Waals surface area contributed by atoms with Crippen LogP contribution in [0.25, 0.3) is 0 Å². The molecule has 4 rings (SSSR count). The first-order valence-electron chi connectivity index (χ1n) is 10.5. The van der Waals surface area contributed by atoms with E-state index in [1.165, 1.54) is 17.5 Å². The summed E-state index contributed by atoms with van der Waals surface area (Å²) in [5, 5.41) is 3.02. The van der Waals surface area contributed by atoms with Gasteiger partial charge in [0.25, 0.3) is 0 Å². The quantitative estimate of drug-likeness (QED) is 0.786. The van der Waals surface area contributed by atoms with E-state index in [-0.39, 0.29) is 24.2 Å². The molecule has 1 atom stereocenters. The second-order valence-corrected chi connectivity index (χ2v) is 7.84. The second-order valence-electron chi connectivity index (χ2n) is 7.84. The number of benzene rings is 2. The summed E-state index contributed by atoms with van der Waals surface area (Å²) in [6.45, 7) is 4.06. The summed E-state index contributed by atoms with van der Waals surface area (Å²) in [4.78, 5) is 27.1. The number of carbonyl (C=O) groups excluding carboxylic acids is 2. The van der Waals surface area contributed by atoms with Crippen LogP contribution in [0.1, 0.15) is 42.0 Å². The van der Waals surface area contributed by atoms with Crippen molar-refractivity contribution in [3.63, 3.8) is 0 Å². The molecular formula is C24H28N2O3. The summed E-state index contributed by atoms with van der Waals surface area (Å²) in [5.41, 5.74) is 5.79. The van der Waals surface area contributed by atoms with Crippen molar-refractivity contribution in [2.75, 3.05) is 18.1 Å². The van der Waals surface area contributed by atoms with Gasteiger partial charge in [0.2, 0.25) is 11.8 Å². The maximum absolute atomic E-state index is 12.7. The first kappa shape index (κ1) is 19.6. The fourth-order valence-corrected chi connectivity index (χ4v) is 4.27. The zero-order chi connectivity index (χ0) is 20.2. The Morgan fingerprint density at radius 2 is 1.93 bits per heavy atom. The Morgan fingerprint density at radius 1 is 1.14 bits per heavy atom. The standard InChI is InChI=1S/C24H28N2O3/c1-2-29-16-20-7-4-3-6-19(20)14-25-24(28)21-13-23(27)26(15-21)22-11-10-17-8-5-9-18(17)12-22/h3-4,6-7,10-12,21H,2,5,8-9,13-16H2,1H3,(H,25,28). The van der Waals surface area contributed by atoms with Crippen molar-refractivity contribution < 1.29 is 14.3 Å². The number of rotatable bonds is 7. The summed E-state index contributed by atoms with van der Waals surface area (Å²) in [5.74, 6) is -0.345. The lowest BCUT2D eigenvalue weighted by Gasteiger charge is -2.18. The molecule has 0 aromatic heterocycles. The maximum Gasteiger partial charge on any atom is 0.227 e. The molecule has 1 N–H and O–H groups in total. The van der Waals surface area contributed by atoms with E-state index in [1.54, 1.807) is 4.90 Å². The third-order valence-corrected chi connectivity index (χ3v) is 5.92. The topological polar surface area (TPSA) is 58.6 Å². The lowest BCUT2D eigenvalue weighted by Crippen LogP contribution is -2.32. The summed E-state index contributed by atoms with van der Waals surface area (Å²) in [6.07, 6.45) is 3.65. The number of nitrogens with zero attached hydrogens (tertiary/aromatic N) is 1. The van der Waals surface area contributed by atoms with Crippen molar-refractivity contribution in [2.24, 2.45) is 5.92 Å². The number of nitrogens with one attached hydrogen (secondary N) is 1. The predicted octanol–water partition coefficient (Wildman–Crippen LogP) is 3.38. The van der Waals surface area contributed by atoms with E-state index in [0.29, 0.717) is 26.3 Å². The minimum absolute atomic E-state index is 0.0276. The van der Waals surface area contributed by atoms with Gasteiger partial charge in [0, 0.05) is 31.8 Å². The Kier molecular flexibility index (Phi) is 5.95. The van der Waals surface area contributed by atoms with Crippen LogP contribution in [0, 0.1) is 5.92 Å². The van der Waals surface area contributed by atoms with E-state index >= 15 is 0 Å². The molecule has 1 saturated heterocycles. The third kappa shape index (κ3) is 4.35. The van der Waals surface area contributed by atoms with Crippen LogP contribution in [-0.2, 0) is 40.3 Å². The van der Waals surface area contributed by atoms with E-state index in [2.05, 4.69) is 17.4 Å². The van der Waals surface area contributed by atoms with Crippen molar-refractivity contribution in [3.8, 4) is 0 Å². The second kappa shape index (κ2) is 8.78. The predicted molar refractivity (Wildman–Crippen MR) is 113 cm³/mol. The third-order valence-electron chi connectivity index (χ3n) is 5.92. The number of hydrogen-bond acceptors (Lipinski definition) is 3. The van der Waals surface area contributed by atoms with Crippen LogP contribution < -0.4 is 10.2 Å². The van der Waals surface area contributed by atoms with Crippen molar-refractivity contribution in [3.05, 3.63) is 64.7 Å². The number of ether oxygens (including phenoxy) is 1. The highest BCUT2D eigenvalue weighted by molar-refractivity contribution is 6.00. The number of amides is 2. The van der Waals surface area contributed by atoms with Gasteiger partial charge in [0.1, 0.15) is 0 Å². The molecule has 1 aliphatic heterocycles. The first-order valence-corrected chi connectivity index (χ1v) is 10.5. The monoisotopic (exact) mass is 392 g/mol. The summed E-state index contributed by atoms with van der Waals surface area (Å²) in [6, 6.07) is 14.2. The molecule has 1 aliphatic carbocycles. The zero-order valence-corrected chi connectivity index (χ0v) is 16.9. The molecule has 152 valence electrons. The fraction of sp³-hybridized carbons (Fsp3) is 0.417. The molecule has 5 nitrogen and oxygen atoms in total. The van der Waals surface area contributed by atoms with Gasteiger partial charge in [0.05, 0.1) is 12.5 Å². The van der Waals surface area contributed by atoms with Gasteiger partial charge in [-0.25, -0.2) is 0 Å². The van der Waals surface area contributed by atoms with E-state index in [0.717, 1.165) is 29.7 Å². The van der Waals surface area contributed by atoms with Crippen LogP contribution in [0.5, 0.6) is 0 Å². The smallest absolute Gasteiger partial charge is 0.227 e. The van der Waals surface area contributed by atoms with Crippen molar-refractivity contribution >= 4 is 17.5 Å². The van der Waals surface area contributed by atoms with E-state index in [4.69, 9.17) is 4.74 Å². The SMILES string of the molecule is CCOCc1ccccc1CNC(=O)C1CC(=O)N(c2ccc3c(c2)CCC3)C1. The molecule has 2 aromatic carbocycles. The molecule has 0 spiro atoms. The fourth-order valence-electron chi connectivity index (χ4n) is 4.27. The summed E-state index contributed by atoms with van der Waals surface area (Å²) in [7, 11) is 0. The number of anilines is 1. The van der Waals surface area contributed by atoms with Crippen LogP contribution in [0.4, 0.5) is 5.69 Å². The molecule has 0 radical (unpaired) electrons. The summed E-state index contributed by atoms with van der Waals surface area (Å²) >= 11 is 0. The first-order chi connectivity index (χ1) is 14.2. The number of carbonyl (C=O) groups is 2. The normalized spacial score (nSPS) is 18.2. The van der Waals surface area contributed by atoms with Crippen LogP contribution >= 0.6 is 0 Å². The number of fused-ring (bicyclic) bond motifs is 1. The Balaban J connectivity index is 1.37. The largest absolute Gasteiger partial charge is 0.377 e. The molecule has 1 fully saturated rings. The summed E-state index contributed by atoms with van der Waals surface area (Å²) < 4.78 is 5.51. The number of hydrogen-bond donors (Lipinski definition) is 1. The van der Waals surface area contributed by atoms with Crippen molar-refractivity contribution in [1.82, 2.24) is 5.32 Å². The Hall–Kier alpha value is -2.66. The van der Waals surface area contributed by atoms with Crippen LogP contribution in [0.3, 0.4) is 0 Å². The van der Waals surface area contributed by atoms with Crippen LogP contribution in [0.15, 0.2) is 42.5 Å². The Morgan fingerprint density at radius 3 is 2.76 bits per heavy atom. The average Bonchev–Trinajstić information content (AvgIpc) is 3.36. The zero-order valence-electron chi connectivity index (χ0n) is 16.9. The van der Waals surface area contributed by atoms with Gasteiger partial charge in [-0.05, 0) is 60.6 Å². The highest BCUT2D eigenvalue weighted by atomic mass is 16.5. The molecule has 29 heavy (non-hydrogen) atoms.